The molecule has 118 valence electrons. The highest BCUT2D eigenvalue weighted by Gasteiger charge is 2.29. The van der Waals surface area contributed by atoms with Gasteiger partial charge in [-0.3, -0.25) is 0 Å². The zero-order valence-electron chi connectivity index (χ0n) is 12.1. The van der Waals surface area contributed by atoms with E-state index >= 15 is 0 Å². The van der Waals surface area contributed by atoms with E-state index in [2.05, 4.69) is 10.0 Å². The molecule has 1 aromatic rings. The van der Waals surface area contributed by atoms with Crippen molar-refractivity contribution in [3.8, 4) is 0 Å². The van der Waals surface area contributed by atoms with Gasteiger partial charge < -0.3 is 5.32 Å². The summed E-state index contributed by atoms with van der Waals surface area (Å²) < 4.78 is 41.3. The molecule has 0 amide bonds. The molecule has 0 saturated heterocycles. The van der Waals surface area contributed by atoms with Crippen LogP contribution in [0.1, 0.15) is 31.7 Å². The van der Waals surface area contributed by atoms with E-state index in [0.717, 1.165) is 25.3 Å². The largest absolute Gasteiger partial charge is 0.316 e. The zero-order valence-corrected chi connectivity index (χ0v) is 13.7. The Labute approximate surface area is 130 Å². The van der Waals surface area contributed by atoms with Crippen molar-refractivity contribution in [3.63, 3.8) is 0 Å². The molecule has 0 aliphatic heterocycles. The van der Waals surface area contributed by atoms with Gasteiger partial charge in [0.1, 0.15) is 5.82 Å². The minimum atomic E-state index is -3.73. The van der Waals surface area contributed by atoms with Crippen LogP contribution in [0.2, 0.25) is 5.02 Å². The molecule has 2 atom stereocenters. The van der Waals surface area contributed by atoms with E-state index in [-0.39, 0.29) is 16.0 Å². The molecule has 1 saturated carbocycles. The molecular formula is C14H20ClFN2O2S. The molecular weight excluding hydrogens is 315 g/mol. The van der Waals surface area contributed by atoms with Crippen LogP contribution in [0.15, 0.2) is 17.0 Å². The molecule has 21 heavy (non-hydrogen) atoms. The van der Waals surface area contributed by atoms with Gasteiger partial charge in [0.2, 0.25) is 10.0 Å². The lowest BCUT2D eigenvalue weighted by Gasteiger charge is -2.18. The van der Waals surface area contributed by atoms with E-state index in [1.54, 1.807) is 7.05 Å². The Morgan fingerprint density at radius 3 is 2.67 bits per heavy atom. The summed E-state index contributed by atoms with van der Waals surface area (Å²) in [4.78, 5) is -0.0752. The van der Waals surface area contributed by atoms with E-state index in [1.807, 2.05) is 6.92 Å². The molecule has 4 nitrogen and oxygen atoms in total. The summed E-state index contributed by atoms with van der Waals surface area (Å²) >= 11 is 5.86. The predicted octanol–water partition coefficient (Wildman–Crippen LogP) is 2.67. The van der Waals surface area contributed by atoms with Gasteiger partial charge in [0.25, 0.3) is 0 Å². The first-order chi connectivity index (χ1) is 9.85. The lowest BCUT2D eigenvalue weighted by atomic mass is 10.1. The van der Waals surface area contributed by atoms with E-state index in [4.69, 9.17) is 11.6 Å². The maximum absolute atomic E-state index is 13.8. The molecule has 2 rings (SSSR count). The molecule has 0 spiro atoms. The topological polar surface area (TPSA) is 58.2 Å². The molecule has 0 heterocycles. The van der Waals surface area contributed by atoms with Crippen molar-refractivity contribution < 1.29 is 12.8 Å². The van der Waals surface area contributed by atoms with Gasteiger partial charge >= 0.3 is 0 Å². The number of hydrogen-bond donors (Lipinski definition) is 2. The Hall–Kier alpha value is -0.690. The second-order valence-electron chi connectivity index (χ2n) is 5.54. The van der Waals surface area contributed by atoms with Crippen LogP contribution in [0.5, 0.6) is 0 Å². The minimum Gasteiger partial charge on any atom is -0.316 e. The van der Waals surface area contributed by atoms with Gasteiger partial charge in [0, 0.05) is 12.6 Å². The third-order valence-corrected chi connectivity index (χ3v) is 5.82. The molecule has 0 radical (unpaired) electrons. The number of benzene rings is 1. The second kappa shape index (κ2) is 6.60. The summed E-state index contributed by atoms with van der Waals surface area (Å²) in [6.45, 7) is 2.33. The summed E-state index contributed by atoms with van der Waals surface area (Å²) in [5.74, 6) is -0.419. The monoisotopic (exact) mass is 334 g/mol. The van der Waals surface area contributed by atoms with Gasteiger partial charge in [-0.2, -0.15) is 0 Å². The van der Waals surface area contributed by atoms with Crippen molar-refractivity contribution in [2.45, 2.75) is 43.7 Å². The van der Waals surface area contributed by atoms with Crippen LogP contribution >= 0.6 is 11.6 Å². The van der Waals surface area contributed by atoms with Crippen molar-refractivity contribution >= 4 is 21.6 Å². The maximum atomic E-state index is 13.8. The average Bonchev–Trinajstić information content (AvgIpc) is 2.80. The van der Waals surface area contributed by atoms with E-state index in [1.165, 1.54) is 6.07 Å². The normalized spacial score (nSPS) is 22.7. The van der Waals surface area contributed by atoms with Crippen LogP contribution in [0, 0.1) is 11.7 Å². The average molecular weight is 335 g/mol. The van der Waals surface area contributed by atoms with Crippen LogP contribution in [-0.2, 0) is 16.6 Å². The van der Waals surface area contributed by atoms with Crippen molar-refractivity contribution in [1.82, 2.24) is 10.0 Å². The van der Waals surface area contributed by atoms with Crippen molar-refractivity contribution in [2.24, 2.45) is 5.92 Å². The standard InChI is InChI=1S/C14H20ClFN2O2S/c1-9-4-3-5-13(9)18-21(19,20)11-6-10(8-17-2)14(15)12(16)7-11/h6-7,9,13,17-18H,3-5,8H2,1-2H3. The SMILES string of the molecule is CNCc1cc(S(=O)(=O)NC2CCCC2C)cc(F)c1Cl. The van der Waals surface area contributed by atoms with Gasteiger partial charge in [0.15, 0.2) is 0 Å². The molecule has 1 aliphatic carbocycles. The maximum Gasteiger partial charge on any atom is 0.240 e. The third kappa shape index (κ3) is 3.74. The first-order valence-electron chi connectivity index (χ1n) is 7.00. The number of nitrogens with one attached hydrogen (secondary N) is 2. The number of rotatable bonds is 5. The predicted molar refractivity (Wildman–Crippen MR) is 81.3 cm³/mol. The van der Waals surface area contributed by atoms with Crippen LogP contribution in [-0.4, -0.2) is 21.5 Å². The van der Waals surface area contributed by atoms with Crippen LogP contribution in [0.3, 0.4) is 0 Å². The Balaban J connectivity index is 2.31. The third-order valence-electron chi connectivity index (χ3n) is 3.92. The first kappa shape index (κ1) is 16.7. The van der Waals surface area contributed by atoms with Crippen molar-refractivity contribution in [1.29, 1.82) is 0 Å². The number of sulfonamides is 1. The Kier molecular flexibility index (Phi) is 5.24. The van der Waals surface area contributed by atoms with Gasteiger partial charge in [0.05, 0.1) is 9.92 Å². The fraction of sp³-hybridized carbons (Fsp3) is 0.571. The summed E-state index contributed by atoms with van der Waals surface area (Å²) in [6, 6.07) is 2.31. The Morgan fingerprint density at radius 2 is 2.10 bits per heavy atom. The quantitative estimate of drug-likeness (QED) is 0.870. The van der Waals surface area contributed by atoms with E-state index in [0.29, 0.717) is 18.0 Å². The van der Waals surface area contributed by atoms with Crippen LogP contribution in [0.25, 0.3) is 0 Å². The number of hydrogen-bond acceptors (Lipinski definition) is 3. The van der Waals surface area contributed by atoms with Gasteiger partial charge in [-0.1, -0.05) is 24.9 Å². The van der Waals surface area contributed by atoms with Crippen molar-refractivity contribution in [3.05, 3.63) is 28.5 Å². The summed E-state index contributed by atoms with van der Waals surface area (Å²) in [5, 5.41) is 2.80. The van der Waals surface area contributed by atoms with Gasteiger partial charge in [-0.25, -0.2) is 17.5 Å². The smallest absolute Gasteiger partial charge is 0.240 e. The second-order valence-corrected chi connectivity index (χ2v) is 7.64. The van der Waals surface area contributed by atoms with Gasteiger partial charge in [-0.15, -0.1) is 0 Å². The van der Waals surface area contributed by atoms with Crippen LogP contribution in [0.4, 0.5) is 4.39 Å². The molecule has 1 aliphatic rings. The zero-order chi connectivity index (χ0) is 15.6. The summed E-state index contributed by atoms with van der Waals surface area (Å²) in [5.41, 5.74) is 0.430. The molecule has 2 N–H and O–H groups in total. The lowest BCUT2D eigenvalue weighted by Crippen LogP contribution is -2.36. The van der Waals surface area contributed by atoms with E-state index in [9.17, 15) is 12.8 Å². The summed E-state index contributed by atoms with van der Waals surface area (Å²) in [7, 11) is -2.04. The summed E-state index contributed by atoms with van der Waals surface area (Å²) in [6.07, 6.45) is 2.83. The number of halogens is 2. The Bertz CT molecular complexity index is 622. The van der Waals surface area contributed by atoms with E-state index < -0.39 is 15.8 Å². The highest BCUT2D eigenvalue weighted by Crippen LogP contribution is 2.28. The first-order valence-corrected chi connectivity index (χ1v) is 8.86. The minimum absolute atomic E-state index is 0.0439. The van der Waals surface area contributed by atoms with Gasteiger partial charge in [-0.05, 0) is 43.5 Å². The highest BCUT2D eigenvalue weighted by atomic mass is 35.5. The molecule has 0 bridgehead atoms. The fourth-order valence-electron chi connectivity index (χ4n) is 2.68. The highest BCUT2D eigenvalue weighted by molar-refractivity contribution is 7.89. The molecule has 7 heteroatoms. The lowest BCUT2D eigenvalue weighted by molar-refractivity contribution is 0.476. The Morgan fingerprint density at radius 1 is 1.38 bits per heavy atom. The molecule has 1 fully saturated rings. The molecule has 0 aromatic heterocycles. The fourth-order valence-corrected chi connectivity index (χ4v) is 4.30. The van der Waals surface area contributed by atoms with Crippen molar-refractivity contribution in [2.75, 3.05) is 7.05 Å². The van der Waals surface area contributed by atoms with Crippen LogP contribution < -0.4 is 10.0 Å². The molecule has 1 aromatic carbocycles. The molecule has 2 unspecified atom stereocenters.